The van der Waals surface area contributed by atoms with Gasteiger partial charge in [0.05, 0.1) is 0 Å². The first-order chi connectivity index (χ1) is 9.90. The fourth-order valence-corrected chi connectivity index (χ4v) is 4.60. The number of nitrogens with zero attached hydrogens (tertiary/aromatic N) is 1. The Kier molecular flexibility index (Phi) is 3.43. The maximum Gasteiger partial charge on any atom is 0.0376 e. The van der Waals surface area contributed by atoms with E-state index in [0.717, 1.165) is 25.0 Å². The molecule has 2 fully saturated rings. The molecular weight excluding hydrogens is 244 g/mol. The van der Waals surface area contributed by atoms with Crippen LogP contribution in [0.3, 0.4) is 0 Å². The lowest BCUT2D eigenvalue weighted by atomic mass is 9.78. The first-order valence-corrected chi connectivity index (χ1v) is 8.50. The Balaban J connectivity index is 1.50. The molecule has 0 bridgehead atoms. The Labute approximate surface area is 122 Å². The molecule has 0 aromatic heterocycles. The van der Waals surface area contributed by atoms with Crippen LogP contribution in [0.2, 0.25) is 0 Å². The zero-order valence-corrected chi connectivity index (χ0v) is 12.4. The van der Waals surface area contributed by atoms with Crippen molar-refractivity contribution in [2.24, 2.45) is 5.92 Å². The fraction of sp³-hybridized carbons (Fsp3) is 0.667. The second kappa shape index (κ2) is 5.40. The molecule has 0 amide bonds. The second-order valence-electron chi connectivity index (χ2n) is 6.89. The molecule has 0 unspecified atom stereocenters. The lowest BCUT2D eigenvalue weighted by Crippen LogP contribution is -2.46. The number of hydrogen-bond acceptors (Lipinski definition) is 2. The molecule has 20 heavy (non-hydrogen) atoms. The Bertz CT molecular complexity index is 480. The number of piperidine rings is 1. The van der Waals surface area contributed by atoms with Crippen LogP contribution in [-0.2, 0) is 13.0 Å². The van der Waals surface area contributed by atoms with Crippen molar-refractivity contribution in [1.82, 2.24) is 4.90 Å². The van der Waals surface area contributed by atoms with Crippen LogP contribution in [0, 0.1) is 5.92 Å². The van der Waals surface area contributed by atoms with Gasteiger partial charge in [-0.25, -0.2) is 0 Å². The lowest BCUT2D eigenvalue weighted by molar-refractivity contribution is 0.0547. The van der Waals surface area contributed by atoms with Gasteiger partial charge in [-0.05, 0) is 61.8 Å². The van der Waals surface area contributed by atoms with Crippen LogP contribution in [-0.4, -0.2) is 24.0 Å². The number of rotatable bonds is 2. The van der Waals surface area contributed by atoms with Gasteiger partial charge in [0.2, 0.25) is 0 Å². The molecule has 2 heterocycles. The summed E-state index contributed by atoms with van der Waals surface area (Å²) in [6, 6.07) is 7.97. The molecule has 2 aliphatic heterocycles. The van der Waals surface area contributed by atoms with E-state index in [2.05, 4.69) is 28.4 Å². The minimum Gasteiger partial charge on any atom is -0.384 e. The van der Waals surface area contributed by atoms with Crippen molar-refractivity contribution in [3.05, 3.63) is 29.3 Å². The maximum atomic E-state index is 3.52. The van der Waals surface area contributed by atoms with Crippen LogP contribution >= 0.6 is 0 Å². The molecule has 0 spiro atoms. The van der Waals surface area contributed by atoms with Crippen molar-refractivity contribution < 1.29 is 0 Å². The third-order valence-corrected chi connectivity index (χ3v) is 5.63. The quantitative estimate of drug-likeness (QED) is 0.879. The number of nitrogens with one attached hydrogen (secondary N) is 1. The summed E-state index contributed by atoms with van der Waals surface area (Å²) in [5.74, 6) is 0.991. The third kappa shape index (κ3) is 2.35. The van der Waals surface area contributed by atoms with Gasteiger partial charge in [-0.15, -0.1) is 0 Å². The van der Waals surface area contributed by atoms with Crippen LogP contribution in [0.1, 0.15) is 49.7 Å². The van der Waals surface area contributed by atoms with Crippen molar-refractivity contribution in [1.29, 1.82) is 0 Å². The first-order valence-electron chi connectivity index (χ1n) is 8.50. The predicted molar refractivity (Wildman–Crippen MR) is 84.0 cm³/mol. The average Bonchev–Trinajstić information content (AvgIpc) is 2.95. The molecule has 2 nitrogen and oxygen atoms in total. The minimum atomic E-state index is 0.874. The molecule has 2 atom stereocenters. The first kappa shape index (κ1) is 12.7. The van der Waals surface area contributed by atoms with Gasteiger partial charge in [0.1, 0.15) is 0 Å². The SMILES string of the molecule is c1cc2c(cc1CN1CCC[C@H]3CCCC[C@H]31)NCC2. The Morgan fingerprint density at radius 1 is 1.10 bits per heavy atom. The van der Waals surface area contributed by atoms with Gasteiger partial charge in [0, 0.05) is 24.8 Å². The van der Waals surface area contributed by atoms with E-state index in [1.54, 1.807) is 0 Å². The van der Waals surface area contributed by atoms with Crippen LogP contribution < -0.4 is 5.32 Å². The normalized spacial score (nSPS) is 29.6. The van der Waals surface area contributed by atoms with Crippen LogP contribution in [0.25, 0.3) is 0 Å². The summed E-state index contributed by atoms with van der Waals surface area (Å²) in [5, 5.41) is 3.52. The highest BCUT2D eigenvalue weighted by Gasteiger charge is 2.32. The number of benzene rings is 1. The topological polar surface area (TPSA) is 15.3 Å². The molecule has 1 aromatic rings. The number of anilines is 1. The Hall–Kier alpha value is -1.02. The zero-order valence-electron chi connectivity index (χ0n) is 12.4. The average molecular weight is 270 g/mol. The highest BCUT2D eigenvalue weighted by Crippen LogP contribution is 2.36. The van der Waals surface area contributed by atoms with Gasteiger partial charge in [-0.1, -0.05) is 25.0 Å². The standard InChI is InChI=1S/C18H26N2/c1-2-6-18-16(4-1)5-3-11-20(18)13-14-7-8-15-9-10-19-17(15)12-14/h7-8,12,16,18-19H,1-6,9-11,13H2/t16-,18-/m1/s1. The van der Waals surface area contributed by atoms with E-state index in [4.69, 9.17) is 0 Å². The minimum absolute atomic E-state index is 0.874. The van der Waals surface area contributed by atoms with Crippen molar-refractivity contribution in [2.45, 2.75) is 57.5 Å². The smallest absolute Gasteiger partial charge is 0.0376 e. The monoisotopic (exact) mass is 270 g/mol. The third-order valence-electron chi connectivity index (χ3n) is 5.63. The van der Waals surface area contributed by atoms with Crippen molar-refractivity contribution in [2.75, 3.05) is 18.4 Å². The van der Waals surface area contributed by atoms with Crippen LogP contribution in [0.5, 0.6) is 0 Å². The summed E-state index contributed by atoms with van der Waals surface area (Å²) in [5.41, 5.74) is 4.40. The maximum absolute atomic E-state index is 3.52. The van der Waals surface area contributed by atoms with Gasteiger partial charge in [0.25, 0.3) is 0 Å². The second-order valence-corrected chi connectivity index (χ2v) is 6.89. The van der Waals surface area contributed by atoms with E-state index in [-0.39, 0.29) is 0 Å². The lowest BCUT2D eigenvalue weighted by Gasteiger charge is -2.44. The Morgan fingerprint density at radius 3 is 3.00 bits per heavy atom. The zero-order chi connectivity index (χ0) is 13.4. The molecule has 1 N–H and O–H groups in total. The predicted octanol–water partition coefficient (Wildman–Crippen LogP) is 3.81. The number of hydrogen-bond donors (Lipinski definition) is 1. The van der Waals surface area contributed by atoms with E-state index < -0.39 is 0 Å². The van der Waals surface area contributed by atoms with Gasteiger partial charge in [-0.3, -0.25) is 4.90 Å². The molecule has 108 valence electrons. The van der Waals surface area contributed by atoms with Gasteiger partial charge in [0.15, 0.2) is 0 Å². The summed E-state index contributed by atoms with van der Waals surface area (Å²) in [7, 11) is 0. The molecule has 2 heteroatoms. The van der Waals surface area contributed by atoms with Crippen molar-refractivity contribution >= 4 is 5.69 Å². The van der Waals surface area contributed by atoms with Crippen molar-refractivity contribution in [3.63, 3.8) is 0 Å². The van der Waals surface area contributed by atoms with E-state index in [9.17, 15) is 0 Å². The highest BCUT2D eigenvalue weighted by atomic mass is 15.2. The molecule has 1 aromatic carbocycles. The van der Waals surface area contributed by atoms with Gasteiger partial charge < -0.3 is 5.32 Å². The van der Waals surface area contributed by atoms with E-state index >= 15 is 0 Å². The molecule has 4 rings (SSSR count). The largest absolute Gasteiger partial charge is 0.384 e. The molecular formula is C18H26N2. The molecule has 1 saturated carbocycles. The summed E-state index contributed by atoms with van der Waals surface area (Å²) < 4.78 is 0. The van der Waals surface area contributed by atoms with Crippen LogP contribution in [0.15, 0.2) is 18.2 Å². The molecule has 3 aliphatic rings. The van der Waals surface area contributed by atoms with E-state index in [1.165, 1.54) is 68.3 Å². The van der Waals surface area contributed by atoms with E-state index in [0.29, 0.717) is 0 Å². The molecule has 1 aliphatic carbocycles. The van der Waals surface area contributed by atoms with Crippen LogP contribution in [0.4, 0.5) is 5.69 Å². The summed E-state index contributed by atoms with van der Waals surface area (Å²) in [6.45, 7) is 3.59. The number of likely N-dealkylation sites (tertiary alicyclic amines) is 1. The van der Waals surface area contributed by atoms with Gasteiger partial charge >= 0.3 is 0 Å². The summed E-state index contributed by atoms with van der Waals surface area (Å²) >= 11 is 0. The van der Waals surface area contributed by atoms with E-state index in [1.807, 2.05) is 0 Å². The summed E-state index contributed by atoms with van der Waals surface area (Å²) in [6.07, 6.45) is 9.92. The highest BCUT2D eigenvalue weighted by molar-refractivity contribution is 5.57. The van der Waals surface area contributed by atoms with Crippen molar-refractivity contribution in [3.8, 4) is 0 Å². The molecule has 1 saturated heterocycles. The van der Waals surface area contributed by atoms with Gasteiger partial charge in [-0.2, -0.15) is 0 Å². The summed E-state index contributed by atoms with van der Waals surface area (Å²) in [4.78, 5) is 2.78. The molecule has 0 radical (unpaired) electrons. The fourth-order valence-electron chi connectivity index (χ4n) is 4.60. The number of fused-ring (bicyclic) bond motifs is 2. The Morgan fingerprint density at radius 2 is 2.00 bits per heavy atom.